The fourth-order valence-corrected chi connectivity index (χ4v) is 3.59. The minimum Gasteiger partial charge on any atom is -0.356 e. The molecule has 3 heterocycles. The SMILES string of the molecule is Cc1c(Cl)ncnc1N1CCC(N2CCCCC2)CC1. The van der Waals surface area contributed by atoms with Gasteiger partial charge in [0.25, 0.3) is 0 Å². The topological polar surface area (TPSA) is 32.3 Å². The van der Waals surface area contributed by atoms with Gasteiger partial charge in [0, 0.05) is 24.7 Å². The molecule has 2 aliphatic rings. The van der Waals surface area contributed by atoms with Crippen LogP contribution in [0, 0.1) is 6.92 Å². The Bertz CT molecular complexity index is 451. The van der Waals surface area contributed by atoms with Crippen molar-refractivity contribution >= 4 is 17.4 Å². The van der Waals surface area contributed by atoms with Crippen LogP contribution in [-0.4, -0.2) is 47.1 Å². The molecule has 0 saturated carbocycles. The first-order valence-electron chi connectivity index (χ1n) is 7.72. The van der Waals surface area contributed by atoms with E-state index in [-0.39, 0.29) is 0 Å². The third-order valence-electron chi connectivity index (χ3n) is 4.67. The maximum absolute atomic E-state index is 6.10. The van der Waals surface area contributed by atoms with Gasteiger partial charge >= 0.3 is 0 Å². The van der Waals surface area contributed by atoms with Gasteiger partial charge in [0.05, 0.1) is 0 Å². The molecule has 1 aromatic rings. The summed E-state index contributed by atoms with van der Waals surface area (Å²) >= 11 is 6.10. The second-order valence-electron chi connectivity index (χ2n) is 5.93. The smallest absolute Gasteiger partial charge is 0.137 e. The van der Waals surface area contributed by atoms with E-state index in [1.807, 2.05) is 6.92 Å². The molecular formula is C15H23ClN4. The molecule has 0 aliphatic carbocycles. The summed E-state index contributed by atoms with van der Waals surface area (Å²) in [5.74, 6) is 1.02. The Morgan fingerprint density at radius 1 is 1.05 bits per heavy atom. The van der Waals surface area contributed by atoms with Crippen molar-refractivity contribution in [2.45, 2.75) is 45.1 Å². The maximum Gasteiger partial charge on any atom is 0.137 e. The molecule has 0 spiro atoms. The summed E-state index contributed by atoms with van der Waals surface area (Å²) in [5, 5.41) is 0.577. The van der Waals surface area contributed by atoms with Crippen molar-refractivity contribution in [3.05, 3.63) is 17.0 Å². The molecule has 0 unspecified atom stereocenters. The van der Waals surface area contributed by atoms with Gasteiger partial charge in [-0.25, -0.2) is 9.97 Å². The summed E-state index contributed by atoms with van der Waals surface area (Å²) in [4.78, 5) is 13.5. The quantitative estimate of drug-likeness (QED) is 0.785. The van der Waals surface area contributed by atoms with E-state index >= 15 is 0 Å². The van der Waals surface area contributed by atoms with Crippen molar-refractivity contribution in [1.29, 1.82) is 0 Å². The number of piperidine rings is 2. The lowest BCUT2D eigenvalue weighted by Gasteiger charge is -2.40. The zero-order valence-electron chi connectivity index (χ0n) is 12.2. The molecule has 1 aromatic heterocycles. The third kappa shape index (κ3) is 2.91. The minimum atomic E-state index is 0.577. The highest BCUT2D eigenvalue weighted by atomic mass is 35.5. The Morgan fingerprint density at radius 3 is 2.45 bits per heavy atom. The van der Waals surface area contributed by atoms with Gasteiger partial charge in [-0.15, -0.1) is 0 Å². The van der Waals surface area contributed by atoms with Crippen molar-refractivity contribution in [2.24, 2.45) is 0 Å². The average Bonchev–Trinajstić information content (AvgIpc) is 2.51. The first-order chi connectivity index (χ1) is 9.75. The first kappa shape index (κ1) is 14.1. The molecule has 0 bridgehead atoms. The predicted molar refractivity (Wildman–Crippen MR) is 82.4 cm³/mol. The highest BCUT2D eigenvalue weighted by molar-refractivity contribution is 6.30. The van der Waals surface area contributed by atoms with Crippen molar-refractivity contribution in [3.8, 4) is 0 Å². The van der Waals surface area contributed by atoms with E-state index in [1.165, 1.54) is 45.2 Å². The van der Waals surface area contributed by atoms with Gasteiger partial charge in [0.1, 0.15) is 17.3 Å². The number of anilines is 1. The van der Waals surface area contributed by atoms with Crippen LogP contribution in [0.2, 0.25) is 5.15 Å². The molecule has 0 N–H and O–H groups in total. The Kier molecular flexibility index (Phi) is 4.41. The van der Waals surface area contributed by atoms with Gasteiger partial charge in [-0.1, -0.05) is 18.0 Å². The van der Waals surface area contributed by atoms with Crippen LogP contribution in [0.3, 0.4) is 0 Å². The molecule has 0 aromatic carbocycles. The second-order valence-corrected chi connectivity index (χ2v) is 6.29. The summed E-state index contributed by atoms with van der Waals surface area (Å²) in [5.41, 5.74) is 1.01. The van der Waals surface area contributed by atoms with Crippen LogP contribution in [0.1, 0.15) is 37.7 Å². The van der Waals surface area contributed by atoms with Crippen LogP contribution in [-0.2, 0) is 0 Å². The lowest BCUT2D eigenvalue weighted by Crippen LogP contribution is -2.47. The van der Waals surface area contributed by atoms with E-state index in [9.17, 15) is 0 Å². The van der Waals surface area contributed by atoms with Crippen LogP contribution < -0.4 is 4.90 Å². The summed E-state index contributed by atoms with van der Waals surface area (Å²) in [6.45, 7) is 6.76. The molecule has 2 fully saturated rings. The zero-order valence-corrected chi connectivity index (χ0v) is 12.9. The number of hydrogen-bond donors (Lipinski definition) is 0. The number of rotatable bonds is 2. The number of halogens is 1. The van der Waals surface area contributed by atoms with Gasteiger partial charge in [-0.2, -0.15) is 0 Å². The molecule has 2 saturated heterocycles. The summed E-state index contributed by atoms with van der Waals surface area (Å²) < 4.78 is 0. The highest BCUT2D eigenvalue weighted by Crippen LogP contribution is 2.27. The standard InChI is InChI=1S/C15H23ClN4/c1-12-14(16)17-11-18-15(12)20-9-5-13(6-10-20)19-7-3-2-4-8-19/h11,13H,2-10H2,1H3. The molecule has 5 heteroatoms. The maximum atomic E-state index is 6.10. The fraction of sp³-hybridized carbons (Fsp3) is 0.733. The second kappa shape index (κ2) is 6.27. The van der Waals surface area contributed by atoms with Crippen molar-refractivity contribution in [2.75, 3.05) is 31.1 Å². The first-order valence-corrected chi connectivity index (χ1v) is 8.09. The minimum absolute atomic E-state index is 0.577. The summed E-state index contributed by atoms with van der Waals surface area (Å²) in [6, 6.07) is 0.768. The lowest BCUT2D eigenvalue weighted by atomic mass is 10.00. The summed E-state index contributed by atoms with van der Waals surface area (Å²) in [6.07, 6.45) is 8.21. The third-order valence-corrected chi connectivity index (χ3v) is 5.05. The number of aromatic nitrogens is 2. The van der Waals surface area contributed by atoms with Crippen molar-refractivity contribution < 1.29 is 0 Å². The zero-order chi connectivity index (χ0) is 13.9. The fourth-order valence-electron chi connectivity index (χ4n) is 3.47. The number of likely N-dealkylation sites (tertiary alicyclic amines) is 1. The van der Waals surface area contributed by atoms with E-state index in [4.69, 9.17) is 11.6 Å². The lowest BCUT2D eigenvalue weighted by molar-refractivity contribution is 0.141. The molecule has 2 aliphatic heterocycles. The van der Waals surface area contributed by atoms with E-state index in [2.05, 4.69) is 19.8 Å². The van der Waals surface area contributed by atoms with Crippen molar-refractivity contribution in [1.82, 2.24) is 14.9 Å². The van der Waals surface area contributed by atoms with Gasteiger partial charge in [0.2, 0.25) is 0 Å². The van der Waals surface area contributed by atoms with Crippen LogP contribution in [0.5, 0.6) is 0 Å². The van der Waals surface area contributed by atoms with E-state index in [1.54, 1.807) is 6.33 Å². The van der Waals surface area contributed by atoms with Gasteiger partial charge in [0.15, 0.2) is 0 Å². The molecule has 0 radical (unpaired) electrons. The monoisotopic (exact) mass is 294 g/mol. The van der Waals surface area contributed by atoms with Crippen LogP contribution in [0.25, 0.3) is 0 Å². The van der Waals surface area contributed by atoms with E-state index < -0.39 is 0 Å². The van der Waals surface area contributed by atoms with Gasteiger partial charge in [-0.3, -0.25) is 0 Å². The average molecular weight is 295 g/mol. The number of hydrogen-bond acceptors (Lipinski definition) is 4. The molecule has 0 amide bonds. The summed E-state index contributed by atoms with van der Waals surface area (Å²) in [7, 11) is 0. The van der Waals surface area contributed by atoms with Crippen LogP contribution in [0.15, 0.2) is 6.33 Å². The van der Waals surface area contributed by atoms with E-state index in [0.29, 0.717) is 5.15 Å². The highest BCUT2D eigenvalue weighted by Gasteiger charge is 2.26. The van der Waals surface area contributed by atoms with Crippen LogP contribution >= 0.6 is 11.6 Å². The number of nitrogens with zero attached hydrogens (tertiary/aromatic N) is 4. The van der Waals surface area contributed by atoms with E-state index in [0.717, 1.165) is 30.5 Å². The van der Waals surface area contributed by atoms with Gasteiger partial charge in [-0.05, 0) is 45.7 Å². The molecule has 110 valence electrons. The Labute approximate surface area is 126 Å². The van der Waals surface area contributed by atoms with Crippen LogP contribution in [0.4, 0.5) is 5.82 Å². The van der Waals surface area contributed by atoms with Gasteiger partial charge < -0.3 is 9.80 Å². The molecule has 3 rings (SSSR count). The Balaban J connectivity index is 1.62. The molecular weight excluding hydrogens is 272 g/mol. The molecule has 20 heavy (non-hydrogen) atoms. The van der Waals surface area contributed by atoms with Crippen molar-refractivity contribution in [3.63, 3.8) is 0 Å². The normalized spacial score (nSPS) is 22.2. The predicted octanol–water partition coefficient (Wildman–Crippen LogP) is 2.89. The Hall–Kier alpha value is -0.870. The Morgan fingerprint density at radius 2 is 1.75 bits per heavy atom. The largest absolute Gasteiger partial charge is 0.356 e. The molecule has 4 nitrogen and oxygen atoms in total. The molecule has 0 atom stereocenters.